The van der Waals surface area contributed by atoms with Gasteiger partial charge in [-0.3, -0.25) is 9.59 Å². The van der Waals surface area contributed by atoms with E-state index in [1.807, 2.05) is 0 Å². The van der Waals surface area contributed by atoms with Crippen molar-refractivity contribution in [1.29, 1.82) is 0 Å². The first kappa shape index (κ1) is 17.9. The number of hydrogen-bond acceptors (Lipinski definition) is 6. The van der Waals surface area contributed by atoms with E-state index in [-0.39, 0.29) is 6.61 Å². The molecule has 1 unspecified atom stereocenters. The third-order valence-corrected chi connectivity index (χ3v) is 3.68. The molecule has 1 rings (SSSR count). The highest BCUT2D eigenvalue weighted by Gasteiger charge is 2.37. The number of rotatable bonds is 7. The fourth-order valence-corrected chi connectivity index (χ4v) is 2.55. The van der Waals surface area contributed by atoms with Crippen molar-refractivity contribution < 1.29 is 28.5 Å². The summed E-state index contributed by atoms with van der Waals surface area (Å²) in [4.78, 5) is 22.1. The van der Waals surface area contributed by atoms with Crippen LogP contribution < -0.4 is 0 Å². The maximum Gasteiger partial charge on any atom is 0.303 e. The van der Waals surface area contributed by atoms with E-state index in [1.54, 1.807) is 14.0 Å². The summed E-state index contributed by atoms with van der Waals surface area (Å²) in [7, 11) is 1.63. The Hall–Kier alpha value is -1.14. The fourth-order valence-electron chi connectivity index (χ4n) is 2.55. The van der Waals surface area contributed by atoms with Crippen LogP contribution in [-0.4, -0.2) is 43.7 Å². The zero-order valence-corrected chi connectivity index (χ0v) is 13.3. The van der Waals surface area contributed by atoms with Crippen LogP contribution in [0.5, 0.6) is 0 Å². The predicted octanol–water partition coefficient (Wildman–Crippen LogP) is 2.19. The molecule has 0 saturated heterocycles. The topological polar surface area (TPSA) is 71.1 Å². The molecule has 0 bridgehead atoms. The fraction of sp³-hybridized carbons (Fsp3) is 0.867. The lowest BCUT2D eigenvalue weighted by atomic mass is 9.93. The van der Waals surface area contributed by atoms with Crippen molar-refractivity contribution in [3.05, 3.63) is 0 Å². The van der Waals surface area contributed by atoms with E-state index in [1.165, 1.54) is 20.3 Å². The molecule has 0 amide bonds. The number of carbonyl (C=O) groups excluding carboxylic acids is 2. The maximum atomic E-state index is 11.2. The minimum atomic E-state index is -0.639. The Morgan fingerprint density at radius 2 is 1.71 bits per heavy atom. The second-order valence-corrected chi connectivity index (χ2v) is 5.45. The molecule has 0 aromatic rings. The van der Waals surface area contributed by atoms with Gasteiger partial charge in [-0.1, -0.05) is 6.42 Å². The van der Waals surface area contributed by atoms with Crippen molar-refractivity contribution in [2.24, 2.45) is 0 Å². The van der Waals surface area contributed by atoms with Gasteiger partial charge < -0.3 is 18.9 Å². The molecular formula is C15H26O6. The van der Waals surface area contributed by atoms with E-state index in [9.17, 15) is 9.59 Å². The van der Waals surface area contributed by atoms with Crippen LogP contribution in [0.1, 0.15) is 52.9 Å². The lowest BCUT2D eigenvalue weighted by Crippen LogP contribution is -2.45. The summed E-state index contributed by atoms with van der Waals surface area (Å²) in [5.74, 6) is -1.48. The number of hydrogen-bond donors (Lipinski definition) is 0. The van der Waals surface area contributed by atoms with Gasteiger partial charge in [-0.05, 0) is 19.8 Å². The summed E-state index contributed by atoms with van der Waals surface area (Å²) >= 11 is 0. The van der Waals surface area contributed by atoms with Crippen molar-refractivity contribution in [1.82, 2.24) is 0 Å². The highest BCUT2D eigenvalue weighted by molar-refractivity contribution is 5.67. The van der Waals surface area contributed by atoms with Crippen LogP contribution in [0.15, 0.2) is 0 Å². The van der Waals surface area contributed by atoms with Gasteiger partial charge in [-0.15, -0.1) is 0 Å². The van der Waals surface area contributed by atoms with Gasteiger partial charge in [0.25, 0.3) is 0 Å². The van der Waals surface area contributed by atoms with E-state index in [0.29, 0.717) is 0 Å². The highest BCUT2D eigenvalue weighted by Crippen LogP contribution is 2.33. The molecule has 0 heterocycles. The molecule has 0 aromatic carbocycles. The summed E-state index contributed by atoms with van der Waals surface area (Å²) in [5.41, 5.74) is 0. The van der Waals surface area contributed by atoms with Gasteiger partial charge in [0.05, 0.1) is 6.10 Å². The van der Waals surface area contributed by atoms with E-state index >= 15 is 0 Å². The summed E-state index contributed by atoms with van der Waals surface area (Å²) in [6, 6.07) is 0. The molecular weight excluding hydrogens is 276 g/mol. The number of ether oxygens (including phenoxy) is 4. The standard InChI is InChI=1S/C15H26O6/c1-11(14(20-13(3)17)10-19-12(2)16)21-15(18-4)8-6-5-7-9-15/h11,14H,5-10H2,1-4H3/t11-,14?/m1/s1. The molecule has 1 saturated carbocycles. The summed E-state index contributed by atoms with van der Waals surface area (Å²) < 4.78 is 21.7. The van der Waals surface area contributed by atoms with Gasteiger partial charge >= 0.3 is 11.9 Å². The maximum absolute atomic E-state index is 11.2. The average Bonchev–Trinajstić information content (AvgIpc) is 2.43. The Bertz CT molecular complexity index is 348. The summed E-state index contributed by atoms with van der Waals surface area (Å²) in [6.45, 7) is 4.41. The molecule has 0 N–H and O–H groups in total. The first-order chi connectivity index (χ1) is 9.88. The van der Waals surface area contributed by atoms with Crippen molar-refractivity contribution in [2.75, 3.05) is 13.7 Å². The van der Waals surface area contributed by atoms with Crippen LogP contribution in [0, 0.1) is 0 Å². The smallest absolute Gasteiger partial charge is 0.303 e. The minimum absolute atomic E-state index is 0.0180. The SMILES string of the molecule is COC1(O[C@H](C)C(COC(C)=O)OC(C)=O)CCCCC1. The Labute approximate surface area is 126 Å². The van der Waals surface area contributed by atoms with Crippen LogP contribution in [0.2, 0.25) is 0 Å². The molecule has 21 heavy (non-hydrogen) atoms. The molecule has 6 nitrogen and oxygen atoms in total. The van der Waals surface area contributed by atoms with Gasteiger partial charge in [-0.2, -0.15) is 0 Å². The van der Waals surface area contributed by atoms with E-state index in [0.717, 1.165) is 25.7 Å². The molecule has 1 aliphatic rings. The molecule has 1 fully saturated rings. The molecule has 0 spiro atoms. The molecule has 2 atom stereocenters. The van der Waals surface area contributed by atoms with Gasteiger partial charge in [-0.25, -0.2) is 0 Å². The zero-order chi connectivity index (χ0) is 15.9. The first-order valence-corrected chi connectivity index (χ1v) is 7.42. The monoisotopic (exact) mass is 302 g/mol. The lowest BCUT2D eigenvalue weighted by molar-refractivity contribution is -0.274. The first-order valence-electron chi connectivity index (χ1n) is 7.42. The van der Waals surface area contributed by atoms with E-state index in [2.05, 4.69) is 0 Å². The highest BCUT2D eigenvalue weighted by atomic mass is 16.7. The Kier molecular flexibility index (Phi) is 7.11. The Morgan fingerprint density at radius 1 is 1.10 bits per heavy atom. The Morgan fingerprint density at radius 3 is 2.19 bits per heavy atom. The largest absolute Gasteiger partial charge is 0.462 e. The molecule has 1 aliphatic carbocycles. The van der Waals surface area contributed by atoms with Gasteiger partial charge in [0.2, 0.25) is 0 Å². The minimum Gasteiger partial charge on any atom is -0.462 e. The lowest BCUT2D eigenvalue weighted by Gasteiger charge is -2.39. The molecule has 122 valence electrons. The van der Waals surface area contributed by atoms with Crippen molar-refractivity contribution in [3.63, 3.8) is 0 Å². The van der Waals surface area contributed by atoms with Gasteiger partial charge in [0.1, 0.15) is 6.61 Å². The number of methoxy groups -OCH3 is 1. The van der Waals surface area contributed by atoms with Crippen LogP contribution in [0.25, 0.3) is 0 Å². The number of carbonyl (C=O) groups is 2. The third kappa shape index (κ3) is 6.01. The second-order valence-electron chi connectivity index (χ2n) is 5.45. The predicted molar refractivity (Wildman–Crippen MR) is 75.6 cm³/mol. The molecule has 0 aromatic heterocycles. The zero-order valence-electron chi connectivity index (χ0n) is 13.3. The molecule has 0 radical (unpaired) electrons. The van der Waals surface area contributed by atoms with Crippen LogP contribution in [0.3, 0.4) is 0 Å². The van der Waals surface area contributed by atoms with E-state index in [4.69, 9.17) is 18.9 Å². The molecule has 6 heteroatoms. The second kappa shape index (κ2) is 8.34. The van der Waals surface area contributed by atoms with Crippen LogP contribution in [-0.2, 0) is 28.5 Å². The summed E-state index contributed by atoms with van der Waals surface area (Å²) in [5, 5.41) is 0. The van der Waals surface area contributed by atoms with Crippen LogP contribution in [0.4, 0.5) is 0 Å². The normalized spacial score (nSPS) is 20.4. The van der Waals surface area contributed by atoms with Crippen molar-refractivity contribution in [3.8, 4) is 0 Å². The van der Waals surface area contributed by atoms with Gasteiger partial charge in [0, 0.05) is 33.8 Å². The number of esters is 2. The van der Waals surface area contributed by atoms with E-state index < -0.39 is 29.9 Å². The molecule has 0 aliphatic heterocycles. The quantitative estimate of drug-likeness (QED) is 0.530. The van der Waals surface area contributed by atoms with Crippen LogP contribution >= 0.6 is 0 Å². The third-order valence-electron chi connectivity index (χ3n) is 3.68. The summed E-state index contributed by atoms with van der Waals surface area (Å²) in [6.07, 6.45) is 3.82. The Balaban J connectivity index is 2.66. The average molecular weight is 302 g/mol. The van der Waals surface area contributed by atoms with Crippen molar-refractivity contribution in [2.45, 2.75) is 70.9 Å². The van der Waals surface area contributed by atoms with Gasteiger partial charge in [0.15, 0.2) is 11.9 Å². The van der Waals surface area contributed by atoms with Crippen molar-refractivity contribution >= 4 is 11.9 Å².